The monoisotopic (exact) mass is 338 g/mol. The molecule has 0 radical (unpaired) electrons. The smallest absolute Gasteiger partial charge is 0.275 e. The van der Waals surface area contributed by atoms with Gasteiger partial charge in [0.2, 0.25) is 12.3 Å². The van der Waals surface area contributed by atoms with Crippen LogP contribution < -0.4 is 5.32 Å². The van der Waals surface area contributed by atoms with Crippen molar-refractivity contribution in [2.45, 2.75) is 0 Å². The van der Waals surface area contributed by atoms with Crippen molar-refractivity contribution in [1.29, 1.82) is 0 Å². The first-order valence-corrected chi connectivity index (χ1v) is 7.85. The van der Waals surface area contributed by atoms with Crippen LogP contribution in [0.1, 0.15) is 10.5 Å². The van der Waals surface area contributed by atoms with E-state index in [9.17, 15) is 4.79 Å². The summed E-state index contributed by atoms with van der Waals surface area (Å²) in [5, 5.41) is 12.6. The van der Waals surface area contributed by atoms with Crippen molar-refractivity contribution in [2.24, 2.45) is 0 Å². The first-order chi connectivity index (χ1) is 11.8. The molecular formula is C16H10N4O3S. The Hall–Kier alpha value is -3.26. The third-order valence-corrected chi connectivity index (χ3v) is 4.08. The minimum atomic E-state index is -0.283. The Morgan fingerprint density at radius 3 is 2.71 bits per heavy atom. The fraction of sp³-hybridized carbons (Fsp3) is 0. The van der Waals surface area contributed by atoms with Crippen molar-refractivity contribution < 1.29 is 13.6 Å². The van der Waals surface area contributed by atoms with Gasteiger partial charge in [0, 0.05) is 16.6 Å². The van der Waals surface area contributed by atoms with Gasteiger partial charge in [-0.15, -0.1) is 21.5 Å². The first-order valence-electron chi connectivity index (χ1n) is 6.97. The maximum Gasteiger partial charge on any atom is 0.275 e. The van der Waals surface area contributed by atoms with Crippen molar-refractivity contribution in [3.63, 3.8) is 0 Å². The lowest BCUT2D eigenvalue weighted by Gasteiger charge is -2.03. The molecule has 1 amide bonds. The Bertz CT molecular complexity index is 944. The average molecular weight is 338 g/mol. The molecule has 0 bridgehead atoms. The summed E-state index contributed by atoms with van der Waals surface area (Å²) in [6.45, 7) is 0. The van der Waals surface area contributed by atoms with E-state index in [2.05, 4.69) is 20.5 Å². The van der Waals surface area contributed by atoms with Crippen molar-refractivity contribution >= 4 is 22.9 Å². The van der Waals surface area contributed by atoms with Crippen LogP contribution in [0.15, 0.2) is 63.3 Å². The van der Waals surface area contributed by atoms with E-state index >= 15 is 0 Å². The highest BCUT2D eigenvalue weighted by Gasteiger charge is 2.13. The summed E-state index contributed by atoms with van der Waals surface area (Å²) in [6.07, 6.45) is 2.84. The highest BCUT2D eigenvalue weighted by atomic mass is 32.1. The molecule has 0 spiro atoms. The number of thiazole rings is 1. The molecule has 4 rings (SSSR count). The highest BCUT2D eigenvalue weighted by Crippen LogP contribution is 2.24. The molecule has 0 fully saturated rings. The molecule has 1 N–H and O–H groups in total. The number of hydrogen-bond donors (Lipinski definition) is 1. The largest absolute Gasteiger partial charge is 0.462 e. The topological polar surface area (TPSA) is 94.1 Å². The Morgan fingerprint density at radius 2 is 2.00 bits per heavy atom. The van der Waals surface area contributed by atoms with Crippen LogP contribution in [0.2, 0.25) is 0 Å². The average Bonchev–Trinajstić information content (AvgIpc) is 3.35. The number of aromatic nitrogens is 3. The fourth-order valence-electron chi connectivity index (χ4n) is 2.08. The molecule has 8 heteroatoms. The van der Waals surface area contributed by atoms with E-state index < -0.39 is 0 Å². The van der Waals surface area contributed by atoms with Gasteiger partial charge < -0.3 is 14.2 Å². The molecule has 0 saturated carbocycles. The van der Waals surface area contributed by atoms with Gasteiger partial charge >= 0.3 is 0 Å². The second-order valence-corrected chi connectivity index (χ2v) is 5.65. The van der Waals surface area contributed by atoms with Crippen LogP contribution in [0.5, 0.6) is 0 Å². The van der Waals surface area contributed by atoms with E-state index in [0.29, 0.717) is 28.0 Å². The second kappa shape index (κ2) is 6.09. The van der Waals surface area contributed by atoms with Crippen molar-refractivity contribution in [3.8, 4) is 22.2 Å². The summed E-state index contributed by atoms with van der Waals surface area (Å²) in [5.74, 6) is 0.785. The van der Waals surface area contributed by atoms with E-state index in [0.717, 1.165) is 5.56 Å². The van der Waals surface area contributed by atoms with Gasteiger partial charge in [-0.05, 0) is 36.4 Å². The fourth-order valence-corrected chi connectivity index (χ4v) is 2.85. The van der Waals surface area contributed by atoms with Crippen LogP contribution in [-0.2, 0) is 0 Å². The molecule has 0 atom stereocenters. The predicted molar refractivity (Wildman–Crippen MR) is 87.5 cm³/mol. The van der Waals surface area contributed by atoms with E-state index in [1.54, 1.807) is 48.0 Å². The van der Waals surface area contributed by atoms with Crippen LogP contribution in [0, 0.1) is 0 Å². The Balaban J connectivity index is 1.48. The number of carbonyl (C=O) groups excluding carboxylic acids is 1. The maximum atomic E-state index is 12.3. The van der Waals surface area contributed by atoms with E-state index in [4.69, 9.17) is 8.83 Å². The number of nitrogens with zero attached hydrogens (tertiary/aromatic N) is 3. The van der Waals surface area contributed by atoms with Gasteiger partial charge in [0.1, 0.15) is 5.69 Å². The second-order valence-electron chi connectivity index (χ2n) is 4.79. The minimum absolute atomic E-state index is 0.283. The highest BCUT2D eigenvalue weighted by molar-refractivity contribution is 7.13. The summed E-state index contributed by atoms with van der Waals surface area (Å²) < 4.78 is 10.4. The van der Waals surface area contributed by atoms with E-state index in [1.165, 1.54) is 17.7 Å². The summed E-state index contributed by atoms with van der Waals surface area (Å²) in [7, 11) is 0. The van der Waals surface area contributed by atoms with Crippen molar-refractivity contribution in [3.05, 3.63) is 60.1 Å². The van der Waals surface area contributed by atoms with Gasteiger partial charge in [-0.1, -0.05) is 0 Å². The molecule has 7 nitrogen and oxygen atoms in total. The lowest BCUT2D eigenvalue weighted by Crippen LogP contribution is -2.12. The maximum absolute atomic E-state index is 12.3. The molecule has 3 heterocycles. The Labute approximate surface area is 140 Å². The van der Waals surface area contributed by atoms with Gasteiger partial charge in [0.25, 0.3) is 5.91 Å². The van der Waals surface area contributed by atoms with Gasteiger partial charge in [0.15, 0.2) is 10.8 Å². The minimum Gasteiger partial charge on any atom is -0.462 e. The number of anilines is 1. The molecular weight excluding hydrogens is 328 g/mol. The van der Waals surface area contributed by atoms with Gasteiger partial charge in [-0.25, -0.2) is 4.98 Å². The molecule has 4 aromatic rings. The molecule has 0 aliphatic carbocycles. The Morgan fingerprint density at radius 1 is 1.12 bits per heavy atom. The van der Waals surface area contributed by atoms with E-state index in [-0.39, 0.29) is 5.91 Å². The summed E-state index contributed by atoms with van der Waals surface area (Å²) in [6, 6.07) is 10.7. The predicted octanol–water partition coefficient (Wildman–Crippen LogP) is 3.71. The number of hydrogen-bond acceptors (Lipinski definition) is 7. The number of furan rings is 1. The standard InChI is InChI=1S/C16H10N4O3S/c21-14(12-8-24-16(19-12)13-2-1-7-22-13)18-11-5-3-10(4-6-11)15-20-17-9-23-15/h1-9H,(H,18,21). The van der Waals surface area contributed by atoms with Crippen molar-refractivity contribution in [2.75, 3.05) is 5.32 Å². The molecule has 0 aliphatic rings. The lowest BCUT2D eigenvalue weighted by atomic mass is 10.2. The van der Waals surface area contributed by atoms with Crippen LogP contribution in [-0.4, -0.2) is 21.1 Å². The van der Waals surface area contributed by atoms with E-state index in [1.807, 2.05) is 0 Å². The summed E-state index contributed by atoms with van der Waals surface area (Å²) >= 11 is 1.35. The molecule has 0 aliphatic heterocycles. The molecule has 0 saturated heterocycles. The van der Waals surface area contributed by atoms with Gasteiger partial charge in [-0.3, -0.25) is 4.79 Å². The van der Waals surface area contributed by atoms with Crippen LogP contribution >= 0.6 is 11.3 Å². The van der Waals surface area contributed by atoms with Crippen LogP contribution in [0.25, 0.3) is 22.2 Å². The number of nitrogens with one attached hydrogen (secondary N) is 1. The zero-order chi connectivity index (χ0) is 16.4. The van der Waals surface area contributed by atoms with Crippen LogP contribution in [0.4, 0.5) is 5.69 Å². The van der Waals surface area contributed by atoms with Gasteiger partial charge in [0.05, 0.1) is 6.26 Å². The molecule has 118 valence electrons. The zero-order valence-electron chi connectivity index (χ0n) is 12.2. The molecule has 3 aromatic heterocycles. The third-order valence-electron chi connectivity index (χ3n) is 3.22. The van der Waals surface area contributed by atoms with Crippen molar-refractivity contribution in [1.82, 2.24) is 15.2 Å². The number of carbonyl (C=O) groups is 1. The number of rotatable bonds is 4. The number of benzene rings is 1. The SMILES string of the molecule is O=C(Nc1ccc(-c2nnco2)cc1)c1csc(-c2ccco2)n1. The normalized spacial score (nSPS) is 10.7. The van der Waals surface area contributed by atoms with Gasteiger partial charge in [-0.2, -0.15) is 0 Å². The van der Waals surface area contributed by atoms with Crippen LogP contribution in [0.3, 0.4) is 0 Å². The summed E-state index contributed by atoms with van der Waals surface area (Å²) in [4.78, 5) is 16.6. The third kappa shape index (κ3) is 2.82. The summed E-state index contributed by atoms with van der Waals surface area (Å²) in [5.41, 5.74) is 1.77. The molecule has 24 heavy (non-hydrogen) atoms. The lowest BCUT2D eigenvalue weighted by molar-refractivity contribution is 0.102. The number of amides is 1. The molecule has 0 unspecified atom stereocenters. The first kappa shape index (κ1) is 14.3. The zero-order valence-corrected chi connectivity index (χ0v) is 13.0. The Kier molecular flexibility index (Phi) is 3.64. The molecule has 1 aromatic carbocycles. The quantitative estimate of drug-likeness (QED) is 0.609.